The number of hydrogen-bond acceptors (Lipinski definition) is 4. The molecule has 3 amide bonds. The first-order valence-corrected chi connectivity index (χ1v) is 12.4. The third-order valence-electron chi connectivity index (χ3n) is 6.39. The zero-order valence-corrected chi connectivity index (χ0v) is 21.1. The van der Waals surface area contributed by atoms with Gasteiger partial charge in [0.05, 0.1) is 23.6 Å². The van der Waals surface area contributed by atoms with Gasteiger partial charge in [0.1, 0.15) is 5.82 Å². The average molecular weight is 521 g/mol. The molecular formula is C31H25FN4O3. The summed E-state index contributed by atoms with van der Waals surface area (Å²) in [5.74, 6) is -1.47. The van der Waals surface area contributed by atoms with Crippen LogP contribution in [0.15, 0.2) is 108 Å². The smallest absolute Gasteiger partial charge is 0.308 e. The molecule has 4 aromatic rings. The van der Waals surface area contributed by atoms with Gasteiger partial charge in [-0.3, -0.25) is 9.59 Å². The number of Topliss-reactive ketones (excluding diaryl/α,β-unsaturated/α-hetero) is 1. The second-order valence-electron chi connectivity index (χ2n) is 9.00. The summed E-state index contributed by atoms with van der Waals surface area (Å²) >= 11 is 0. The first-order chi connectivity index (χ1) is 18.9. The number of rotatable bonds is 6. The largest absolute Gasteiger partial charge is 0.321 e. The lowest BCUT2D eigenvalue weighted by molar-refractivity contribution is -0.120. The predicted molar refractivity (Wildman–Crippen MR) is 149 cm³/mol. The summed E-state index contributed by atoms with van der Waals surface area (Å²) in [7, 11) is 0. The quantitative estimate of drug-likeness (QED) is 0.336. The molecule has 0 radical (unpaired) electrons. The number of aryl methyl sites for hydroxylation is 1. The normalized spacial score (nSPS) is 14.6. The molecular weight excluding hydrogens is 495 g/mol. The van der Waals surface area contributed by atoms with Crippen molar-refractivity contribution in [1.82, 2.24) is 5.32 Å². The molecule has 0 unspecified atom stereocenters. The molecule has 39 heavy (non-hydrogen) atoms. The van der Waals surface area contributed by atoms with Crippen molar-refractivity contribution in [2.24, 2.45) is 4.99 Å². The van der Waals surface area contributed by atoms with Gasteiger partial charge in [-0.15, -0.1) is 0 Å². The standard InChI is InChI=1S/C31H25FN4O3/c1-20-11-5-6-14-22(20)27(37)19-36-26-18-10-7-15-23(26)28(21-12-3-2-4-13-21)34-29(30(36)38)35-31(39)33-25-17-9-8-16-24(25)32/h2-18,29H,19H2,1H3,(H2,33,35,39)/t29-/m1/s1. The molecule has 0 aromatic heterocycles. The van der Waals surface area contributed by atoms with Crippen molar-refractivity contribution < 1.29 is 18.8 Å². The van der Waals surface area contributed by atoms with Crippen LogP contribution in [-0.4, -0.2) is 36.1 Å². The molecule has 8 heteroatoms. The van der Waals surface area contributed by atoms with Gasteiger partial charge in [-0.25, -0.2) is 14.2 Å². The van der Waals surface area contributed by atoms with Gasteiger partial charge < -0.3 is 15.5 Å². The zero-order valence-electron chi connectivity index (χ0n) is 21.1. The van der Waals surface area contributed by atoms with Crippen LogP contribution in [0.25, 0.3) is 0 Å². The van der Waals surface area contributed by atoms with E-state index in [2.05, 4.69) is 15.6 Å². The lowest BCUT2D eigenvalue weighted by Gasteiger charge is -2.25. The Morgan fingerprint density at radius 2 is 1.54 bits per heavy atom. The second-order valence-corrected chi connectivity index (χ2v) is 9.00. The van der Waals surface area contributed by atoms with Gasteiger partial charge >= 0.3 is 6.03 Å². The van der Waals surface area contributed by atoms with Crippen LogP contribution in [-0.2, 0) is 4.79 Å². The van der Waals surface area contributed by atoms with Crippen LogP contribution in [0.5, 0.6) is 0 Å². The highest BCUT2D eigenvalue weighted by atomic mass is 19.1. The van der Waals surface area contributed by atoms with E-state index in [0.29, 0.717) is 22.5 Å². The highest BCUT2D eigenvalue weighted by molar-refractivity contribution is 6.21. The predicted octanol–water partition coefficient (Wildman–Crippen LogP) is 5.35. The highest BCUT2D eigenvalue weighted by Crippen LogP contribution is 2.29. The maximum Gasteiger partial charge on any atom is 0.321 e. The van der Waals surface area contributed by atoms with Crippen molar-refractivity contribution in [3.8, 4) is 0 Å². The lowest BCUT2D eigenvalue weighted by Crippen LogP contribution is -2.50. The number of anilines is 2. The van der Waals surface area contributed by atoms with Crippen LogP contribution in [0.2, 0.25) is 0 Å². The first kappa shape index (κ1) is 25.5. The van der Waals surface area contributed by atoms with Gasteiger partial charge in [0, 0.05) is 16.7 Å². The minimum atomic E-state index is -1.39. The van der Waals surface area contributed by atoms with E-state index in [1.54, 1.807) is 30.3 Å². The molecule has 1 aliphatic rings. The van der Waals surface area contributed by atoms with Crippen molar-refractivity contribution in [2.45, 2.75) is 13.1 Å². The number of aliphatic imine (C=N–C) groups is 1. The minimum Gasteiger partial charge on any atom is -0.308 e. The molecule has 0 bridgehead atoms. The number of para-hydroxylation sites is 2. The van der Waals surface area contributed by atoms with E-state index in [-0.39, 0.29) is 18.0 Å². The molecule has 0 aliphatic carbocycles. The maximum absolute atomic E-state index is 14.1. The number of amides is 3. The Morgan fingerprint density at radius 3 is 2.31 bits per heavy atom. The summed E-state index contributed by atoms with van der Waals surface area (Å²) in [6.45, 7) is 1.57. The van der Waals surface area contributed by atoms with E-state index in [0.717, 1.165) is 11.1 Å². The Morgan fingerprint density at radius 1 is 0.872 bits per heavy atom. The number of benzene rings is 4. The molecule has 0 spiro atoms. The van der Waals surface area contributed by atoms with Crippen molar-refractivity contribution >= 4 is 34.8 Å². The Kier molecular flexibility index (Phi) is 7.27. The molecule has 7 nitrogen and oxygen atoms in total. The Hall–Kier alpha value is -5.11. The van der Waals surface area contributed by atoms with Gasteiger partial charge in [-0.1, -0.05) is 84.9 Å². The fourth-order valence-electron chi connectivity index (χ4n) is 4.47. The lowest BCUT2D eigenvalue weighted by atomic mass is 9.99. The van der Waals surface area contributed by atoms with Crippen molar-refractivity contribution in [3.05, 3.63) is 131 Å². The number of fused-ring (bicyclic) bond motifs is 1. The van der Waals surface area contributed by atoms with E-state index < -0.39 is 23.9 Å². The third-order valence-corrected chi connectivity index (χ3v) is 6.39. The molecule has 194 valence electrons. The molecule has 0 fully saturated rings. The minimum absolute atomic E-state index is 0.0433. The van der Waals surface area contributed by atoms with Crippen LogP contribution in [0.4, 0.5) is 20.6 Å². The van der Waals surface area contributed by atoms with Crippen LogP contribution in [0, 0.1) is 12.7 Å². The molecule has 4 aromatic carbocycles. The summed E-state index contributed by atoms with van der Waals surface area (Å²) in [6, 6.07) is 28.5. The number of urea groups is 1. The zero-order chi connectivity index (χ0) is 27.4. The Labute approximate surface area is 225 Å². The summed E-state index contributed by atoms with van der Waals surface area (Å²) in [6.07, 6.45) is -1.39. The number of carbonyl (C=O) groups excluding carboxylic acids is 3. The first-order valence-electron chi connectivity index (χ1n) is 12.4. The molecule has 0 saturated heterocycles. The van der Waals surface area contributed by atoms with Crippen LogP contribution in [0.1, 0.15) is 27.0 Å². The number of benzodiazepines with no additional fused rings is 1. The summed E-state index contributed by atoms with van der Waals surface area (Å²) in [4.78, 5) is 46.2. The highest BCUT2D eigenvalue weighted by Gasteiger charge is 2.34. The van der Waals surface area contributed by atoms with E-state index in [9.17, 15) is 18.8 Å². The number of nitrogens with zero attached hydrogens (tertiary/aromatic N) is 2. The average Bonchev–Trinajstić information content (AvgIpc) is 3.06. The monoisotopic (exact) mass is 520 g/mol. The van der Waals surface area contributed by atoms with Crippen molar-refractivity contribution in [2.75, 3.05) is 16.8 Å². The van der Waals surface area contributed by atoms with Gasteiger partial charge in [-0.05, 0) is 30.7 Å². The van der Waals surface area contributed by atoms with E-state index in [1.807, 2.05) is 61.5 Å². The number of hydrogen-bond donors (Lipinski definition) is 2. The maximum atomic E-state index is 14.1. The van der Waals surface area contributed by atoms with Gasteiger partial charge in [-0.2, -0.15) is 0 Å². The van der Waals surface area contributed by atoms with Crippen molar-refractivity contribution in [1.29, 1.82) is 0 Å². The van der Waals surface area contributed by atoms with Crippen LogP contribution < -0.4 is 15.5 Å². The number of nitrogens with one attached hydrogen (secondary N) is 2. The summed E-state index contributed by atoms with van der Waals surface area (Å²) in [5, 5.41) is 5.00. The Bertz CT molecular complexity index is 1590. The fraction of sp³-hybridized carbons (Fsp3) is 0.0968. The third kappa shape index (κ3) is 5.45. The summed E-state index contributed by atoms with van der Waals surface area (Å²) < 4.78 is 14.1. The summed E-state index contributed by atoms with van der Waals surface area (Å²) in [5.41, 5.74) is 3.57. The number of ketones is 1. The molecule has 1 atom stereocenters. The van der Waals surface area contributed by atoms with Crippen LogP contribution in [0.3, 0.4) is 0 Å². The molecule has 2 N–H and O–H groups in total. The molecule has 0 saturated carbocycles. The molecule has 1 aliphatic heterocycles. The second kappa shape index (κ2) is 11.1. The van der Waals surface area contributed by atoms with Gasteiger partial charge in [0.15, 0.2) is 5.78 Å². The topological polar surface area (TPSA) is 90.9 Å². The SMILES string of the molecule is Cc1ccccc1C(=O)CN1C(=O)[C@@H](NC(=O)Nc2ccccc2F)N=C(c2ccccc2)c2ccccc21. The molecule has 5 rings (SSSR count). The van der Waals surface area contributed by atoms with Gasteiger partial charge in [0.25, 0.3) is 5.91 Å². The van der Waals surface area contributed by atoms with E-state index >= 15 is 0 Å². The number of carbonyl (C=O) groups is 3. The van der Waals surface area contributed by atoms with Crippen molar-refractivity contribution in [3.63, 3.8) is 0 Å². The Balaban J connectivity index is 1.55. The molecule has 1 heterocycles. The van der Waals surface area contributed by atoms with E-state index in [4.69, 9.17) is 0 Å². The fourth-order valence-corrected chi connectivity index (χ4v) is 4.47. The number of halogens is 1. The van der Waals surface area contributed by atoms with E-state index in [1.165, 1.54) is 23.1 Å². The van der Waals surface area contributed by atoms with Gasteiger partial charge in [0.2, 0.25) is 6.17 Å². The van der Waals surface area contributed by atoms with Crippen LogP contribution >= 0.6 is 0 Å².